The first-order valence-corrected chi connectivity index (χ1v) is 6.52. The average molecular weight is 287 g/mol. The van der Waals surface area contributed by atoms with Crippen molar-refractivity contribution in [3.05, 3.63) is 35.1 Å². The standard InChI is InChI=1S/C14H16F3NO2/c15-9-2-3-10(16)12(17)11(9)13(20)18-8-14(6-7-19)4-1-5-14/h2-3,19H,1,4-8H2,(H,18,20). The fourth-order valence-corrected chi connectivity index (χ4v) is 2.52. The summed E-state index contributed by atoms with van der Waals surface area (Å²) in [6, 6.07) is 1.36. The highest BCUT2D eigenvalue weighted by molar-refractivity contribution is 5.94. The normalized spacial score (nSPS) is 16.6. The van der Waals surface area contributed by atoms with Gasteiger partial charge in [0.25, 0.3) is 5.91 Å². The van der Waals surface area contributed by atoms with Crippen molar-refractivity contribution in [2.45, 2.75) is 25.7 Å². The lowest BCUT2D eigenvalue weighted by atomic mass is 9.67. The molecule has 2 N–H and O–H groups in total. The van der Waals surface area contributed by atoms with Crippen LogP contribution in [0.3, 0.4) is 0 Å². The first kappa shape index (κ1) is 14.8. The van der Waals surface area contributed by atoms with Crippen molar-refractivity contribution in [1.29, 1.82) is 0 Å². The molecule has 0 spiro atoms. The summed E-state index contributed by atoms with van der Waals surface area (Å²) < 4.78 is 39.9. The van der Waals surface area contributed by atoms with Crippen LogP contribution in [0.15, 0.2) is 12.1 Å². The van der Waals surface area contributed by atoms with Gasteiger partial charge in [0.2, 0.25) is 0 Å². The summed E-state index contributed by atoms with van der Waals surface area (Å²) >= 11 is 0. The second-order valence-corrected chi connectivity index (χ2v) is 5.23. The first-order chi connectivity index (χ1) is 9.49. The Morgan fingerprint density at radius 3 is 2.45 bits per heavy atom. The Morgan fingerprint density at radius 2 is 1.90 bits per heavy atom. The first-order valence-electron chi connectivity index (χ1n) is 6.52. The molecule has 20 heavy (non-hydrogen) atoms. The van der Waals surface area contributed by atoms with Gasteiger partial charge in [-0.2, -0.15) is 0 Å². The van der Waals surface area contributed by atoms with Crippen molar-refractivity contribution in [2.75, 3.05) is 13.2 Å². The Balaban J connectivity index is 2.07. The van der Waals surface area contributed by atoms with Gasteiger partial charge in [0.15, 0.2) is 11.6 Å². The van der Waals surface area contributed by atoms with E-state index in [1.807, 2.05) is 0 Å². The smallest absolute Gasteiger partial charge is 0.257 e. The number of benzene rings is 1. The van der Waals surface area contributed by atoms with E-state index in [9.17, 15) is 18.0 Å². The molecule has 0 heterocycles. The highest BCUT2D eigenvalue weighted by Gasteiger charge is 2.37. The second kappa shape index (κ2) is 5.83. The summed E-state index contributed by atoms with van der Waals surface area (Å²) in [5.74, 6) is -4.80. The largest absolute Gasteiger partial charge is 0.396 e. The van der Waals surface area contributed by atoms with Gasteiger partial charge in [0.1, 0.15) is 11.4 Å². The van der Waals surface area contributed by atoms with Gasteiger partial charge in [0, 0.05) is 13.2 Å². The zero-order valence-corrected chi connectivity index (χ0v) is 10.9. The molecule has 1 aliphatic rings. The van der Waals surface area contributed by atoms with Crippen molar-refractivity contribution >= 4 is 5.91 Å². The summed E-state index contributed by atoms with van der Waals surface area (Å²) in [6.07, 6.45) is 3.23. The number of halogens is 3. The molecule has 1 saturated carbocycles. The molecule has 0 bridgehead atoms. The molecule has 0 radical (unpaired) electrons. The van der Waals surface area contributed by atoms with Gasteiger partial charge in [0.05, 0.1) is 0 Å². The van der Waals surface area contributed by atoms with Gasteiger partial charge in [-0.3, -0.25) is 4.79 Å². The van der Waals surface area contributed by atoms with Crippen LogP contribution in [0.1, 0.15) is 36.0 Å². The molecule has 2 rings (SSSR count). The van der Waals surface area contributed by atoms with Crippen LogP contribution < -0.4 is 5.32 Å². The molecule has 0 unspecified atom stereocenters. The quantitative estimate of drug-likeness (QED) is 0.817. The minimum Gasteiger partial charge on any atom is -0.396 e. The van der Waals surface area contributed by atoms with E-state index in [0.717, 1.165) is 25.3 Å². The van der Waals surface area contributed by atoms with E-state index >= 15 is 0 Å². The molecular weight excluding hydrogens is 271 g/mol. The average Bonchev–Trinajstić information content (AvgIpc) is 2.37. The van der Waals surface area contributed by atoms with E-state index in [1.165, 1.54) is 0 Å². The van der Waals surface area contributed by atoms with Crippen LogP contribution in [0.25, 0.3) is 0 Å². The third-order valence-corrected chi connectivity index (χ3v) is 3.95. The summed E-state index contributed by atoms with van der Waals surface area (Å²) in [6.45, 7) is 0.223. The molecule has 0 aliphatic heterocycles. The molecular formula is C14H16F3NO2. The molecule has 1 aromatic rings. The molecule has 1 amide bonds. The van der Waals surface area contributed by atoms with E-state index < -0.39 is 28.9 Å². The number of amides is 1. The van der Waals surface area contributed by atoms with E-state index in [-0.39, 0.29) is 18.6 Å². The number of hydrogen-bond donors (Lipinski definition) is 2. The van der Waals surface area contributed by atoms with Crippen molar-refractivity contribution in [2.24, 2.45) is 5.41 Å². The Hall–Kier alpha value is -1.56. The fraction of sp³-hybridized carbons (Fsp3) is 0.500. The lowest BCUT2D eigenvalue weighted by Crippen LogP contribution is -2.43. The second-order valence-electron chi connectivity index (χ2n) is 5.23. The fourth-order valence-electron chi connectivity index (χ4n) is 2.52. The van der Waals surface area contributed by atoms with Gasteiger partial charge in [-0.25, -0.2) is 13.2 Å². The molecule has 1 fully saturated rings. The van der Waals surface area contributed by atoms with Crippen LogP contribution in [0.2, 0.25) is 0 Å². The minimum absolute atomic E-state index is 0.00143. The maximum atomic E-state index is 13.5. The third kappa shape index (κ3) is 2.80. The van der Waals surface area contributed by atoms with Crippen LogP contribution in [0.5, 0.6) is 0 Å². The van der Waals surface area contributed by atoms with Crippen LogP contribution in [0, 0.1) is 22.9 Å². The summed E-state index contributed by atoms with van der Waals surface area (Å²) in [4.78, 5) is 11.8. The molecule has 0 saturated heterocycles. The Bertz CT molecular complexity index is 515. The Kier molecular flexibility index (Phi) is 4.32. The topological polar surface area (TPSA) is 49.3 Å². The highest BCUT2D eigenvalue weighted by atomic mass is 19.2. The molecule has 1 aliphatic carbocycles. The number of carbonyl (C=O) groups excluding carboxylic acids is 1. The van der Waals surface area contributed by atoms with Gasteiger partial charge >= 0.3 is 0 Å². The molecule has 110 valence electrons. The lowest BCUT2D eigenvalue weighted by molar-refractivity contribution is 0.0727. The monoisotopic (exact) mass is 287 g/mol. The predicted octanol–water partition coefficient (Wildman–Crippen LogP) is 2.39. The van der Waals surface area contributed by atoms with Crippen LogP contribution in [-0.4, -0.2) is 24.2 Å². The Labute approximate surface area is 114 Å². The Morgan fingerprint density at radius 1 is 1.25 bits per heavy atom. The van der Waals surface area contributed by atoms with Crippen molar-refractivity contribution in [3.8, 4) is 0 Å². The van der Waals surface area contributed by atoms with Gasteiger partial charge in [-0.15, -0.1) is 0 Å². The number of aliphatic hydroxyl groups is 1. The van der Waals surface area contributed by atoms with Gasteiger partial charge < -0.3 is 10.4 Å². The number of carbonyl (C=O) groups is 1. The van der Waals surface area contributed by atoms with Crippen LogP contribution in [-0.2, 0) is 0 Å². The van der Waals surface area contributed by atoms with E-state index in [4.69, 9.17) is 5.11 Å². The number of nitrogens with one attached hydrogen (secondary N) is 1. The van der Waals surface area contributed by atoms with E-state index in [0.29, 0.717) is 12.5 Å². The van der Waals surface area contributed by atoms with Gasteiger partial charge in [-0.05, 0) is 36.8 Å². The van der Waals surface area contributed by atoms with Crippen LogP contribution in [0.4, 0.5) is 13.2 Å². The van der Waals surface area contributed by atoms with E-state index in [1.54, 1.807) is 0 Å². The summed E-state index contributed by atoms with van der Waals surface area (Å²) in [5, 5.41) is 11.4. The van der Waals surface area contributed by atoms with Crippen LogP contribution >= 0.6 is 0 Å². The maximum absolute atomic E-state index is 13.5. The molecule has 0 atom stereocenters. The molecule has 1 aromatic carbocycles. The minimum atomic E-state index is -1.48. The zero-order valence-electron chi connectivity index (χ0n) is 10.9. The number of rotatable bonds is 5. The number of aliphatic hydroxyl groups excluding tert-OH is 1. The molecule has 3 nitrogen and oxygen atoms in total. The van der Waals surface area contributed by atoms with Crippen molar-refractivity contribution < 1.29 is 23.1 Å². The summed E-state index contributed by atoms with van der Waals surface area (Å²) in [7, 11) is 0. The third-order valence-electron chi connectivity index (χ3n) is 3.95. The molecule has 0 aromatic heterocycles. The predicted molar refractivity (Wildman–Crippen MR) is 66.6 cm³/mol. The maximum Gasteiger partial charge on any atom is 0.257 e. The highest BCUT2D eigenvalue weighted by Crippen LogP contribution is 2.43. The van der Waals surface area contributed by atoms with Crippen molar-refractivity contribution in [3.63, 3.8) is 0 Å². The van der Waals surface area contributed by atoms with Crippen molar-refractivity contribution in [1.82, 2.24) is 5.32 Å². The number of hydrogen-bond acceptors (Lipinski definition) is 2. The van der Waals surface area contributed by atoms with E-state index in [2.05, 4.69) is 5.32 Å². The molecule has 6 heteroatoms. The van der Waals surface area contributed by atoms with Gasteiger partial charge in [-0.1, -0.05) is 6.42 Å². The SMILES string of the molecule is O=C(NCC1(CCO)CCC1)c1c(F)ccc(F)c1F. The zero-order chi connectivity index (χ0) is 14.8. The lowest BCUT2D eigenvalue weighted by Gasteiger charge is -2.41. The summed E-state index contributed by atoms with van der Waals surface area (Å²) in [5.41, 5.74) is -1.10.